The number of hydrogen-bond donors (Lipinski definition) is 2. The third-order valence-electron chi connectivity index (χ3n) is 3.23. The summed E-state index contributed by atoms with van der Waals surface area (Å²) in [6.07, 6.45) is 2.13. The molecule has 8 heteroatoms. The van der Waals surface area contributed by atoms with Crippen LogP contribution in [-0.4, -0.2) is 43.4 Å². The Hall–Kier alpha value is -3.16. The highest BCUT2D eigenvalue weighted by molar-refractivity contribution is 5.98. The first-order valence-electron chi connectivity index (χ1n) is 8.56. The summed E-state index contributed by atoms with van der Waals surface area (Å²) in [5.41, 5.74) is 0.461. The smallest absolute Gasteiger partial charge is 0.321 e. The first kappa shape index (κ1) is 21.9. The van der Waals surface area contributed by atoms with E-state index in [1.807, 2.05) is 12.2 Å². The summed E-state index contributed by atoms with van der Waals surface area (Å²) in [6.45, 7) is 5.61. The molecule has 0 aromatic heterocycles. The van der Waals surface area contributed by atoms with Gasteiger partial charge in [-0.05, 0) is 30.7 Å². The quantitative estimate of drug-likeness (QED) is 0.347. The Morgan fingerprint density at radius 2 is 1.81 bits per heavy atom. The molecule has 0 radical (unpaired) electrons. The van der Waals surface area contributed by atoms with Crippen LogP contribution in [0.5, 0.6) is 5.75 Å². The van der Waals surface area contributed by atoms with E-state index in [0.717, 1.165) is 6.42 Å². The highest BCUT2D eigenvalue weighted by Crippen LogP contribution is 2.14. The summed E-state index contributed by atoms with van der Waals surface area (Å²) in [7, 11) is 0. The molecule has 0 bridgehead atoms. The van der Waals surface area contributed by atoms with E-state index >= 15 is 0 Å². The molecule has 8 nitrogen and oxygen atoms in total. The van der Waals surface area contributed by atoms with Crippen LogP contribution in [0.15, 0.2) is 36.9 Å². The van der Waals surface area contributed by atoms with Gasteiger partial charge in [0.1, 0.15) is 5.75 Å². The Balaban J connectivity index is 2.30. The molecule has 0 aliphatic carbocycles. The highest BCUT2D eigenvalue weighted by Gasteiger charge is 2.13. The number of benzene rings is 1. The number of hydrogen-bond acceptors (Lipinski definition) is 6. The monoisotopic (exact) mass is 376 g/mol. The van der Waals surface area contributed by atoms with Crippen molar-refractivity contribution in [1.29, 1.82) is 0 Å². The molecule has 0 spiro atoms. The number of ether oxygens (including phenoxy) is 2. The van der Waals surface area contributed by atoms with E-state index in [1.54, 1.807) is 24.3 Å². The van der Waals surface area contributed by atoms with Gasteiger partial charge >= 0.3 is 12.0 Å². The zero-order chi connectivity index (χ0) is 20.1. The lowest BCUT2D eigenvalue weighted by atomic mass is 10.1. The van der Waals surface area contributed by atoms with Crippen LogP contribution in [0.3, 0.4) is 0 Å². The fraction of sp³-hybridized carbons (Fsp3) is 0.368. The number of urea groups is 1. The number of amides is 3. The maximum atomic E-state index is 12.1. The highest BCUT2D eigenvalue weighted by atomic mass is 16.5. The average molecular weight is 376 g/mol. The normalized spacial score (nSPS) is 9.81. The van der Waals surface area contributed by atoms with Crippen LogP contribution in [0, 0.1) is 0 Å². The molecule has 27 heavy (non-hydrogen) atoms. The van der Waals surface area contributed by atoms with Crippen LogP contribution in [0.25, 0.3) is 0 Å². The van der Waals surface area contributed by atoms with Crippen molar-refractivity contribution in [3.63, 3.8) is 0 Å². The minimum absolute atomic E-state index is 0.0462. The van der Waals surface area contributed by atoms with Crippen molar-refractivity contribution in [3.05, 3.63) is 42.5 Å². The molecule has 0 aliphatic rings. The van der Waals surface area contributed by atoms with E-state index in [-0.39, 0.29) is 25.2 Å². The van der Waals surface area contributed by atoms with Crippen LogP contribution >= 0.6 is 0 Å². The summed E-state index contributed by atoms with van der Waals surface area (Å²) in [4.78, 5) is 46.4. The van der Waals surface area contributed by atoms with Gasteiger partial charge in [-0.15, -0.1) is 6.58 Å². The molecule has 1 rings (SSSR count). The number of Topliss-reactive ketones (excluding diaryl/α,β-unsaturated/α-hetero) is 1. The summed E-state index contributed by atoms with van der Waals surface area (Å²) < 4.78 is 10.2. The van der Waals surface area contributed by atoms with Crippen LogP contribution in [0.4, 0.5) is 4.79 Å². The molecule has 2 N–H and O–H groups in total. The molecule has 3 amide bonds. The van der Waals surface area contributed by atoms with E-state index in [1.165, 1.54) is 6.08 Å². The van der Waals surface area contributed by atoms with Crippen LogP contribution in [-0.2, 0) is 14.3 Å². The van der Waals surface area contributed by atoms with Crippen molar-refractivity contribution in [2.45, 2.75) is 26.2 Å². The van der Waals surface area contributed by atoms with Crippen molar-refractivity contribution in [2.24, 2.45) is 0 Å². The van der Waals surface area contributed by atoms with Crippen LogP contribution in [0.2, 0.25) is 0 Å². The fourth-order valence-electron chi connectivity index (χ4n) is 1.91. The van der Waals surface area contributed by atoms with E-state index in [9.17, 15) is 19.2 Å². The molecule has 0 fully saturated rings. The predicted molar refractivity (Wildman–Crippen MR) is 98.5 cm³/mol. The van der Waals surface area contributed by atoms with Crippen LogP contribution < -0.4 is 15.4 Å². The van der Waals surface area contributed by atoms with Crippen molar-refractivity contribution < 1.29 is 28.7 Å². The Labute approximate surface area is 157 Å². The number of carbonyl (C=O) groups is 4. The van der Waals surface area contributed by atoms with E-state index < -0.39 is 24.5 Å². The summed E-state index contributed by atoms with van der Waals surface area (Å²) >= 11 is 0. The third kappa shape index (κ3) is 9.20. The van der Waals surface area contributed by atoms with Crippen molar-refractivity contribution in [3.8, 4) is 5.75 Å². The minimum atomic E-state index is -0.765. The number of imide groups is 1. The molecule has 146 valence electrons. The van der Waals surface area contributed by atoms with E-state index in [2.05, 4.69) is 11.9 Å². The summed E-state index contributed by atoms with van der Waals surface area (Å²) in [6, 6.07) is 5.95. The summed E-state index contributed by atoms with van der Waals surface area (Å²) in [5, 5.41) is 4.33. The lowest BCUT2D eigenvalue weighted by Gasteiger charge is -2.07. The molecule has 1 aromatic rings. The van der Waals surface area contributed by atoms with Gasteiger partial charge in [0.25, 0.3) is 5.91 Å². The maximum Gasteiger partial charge on any atom is 0.321 e. The second-order valence-electron chi connectivity index (χ2n) is 5.50. The fourth-order valence-corrected chi connectivity index (χ4v) is 1.91. The first-order valence-corrected chi connectivity index (χ1v) is 8.56. The SMILES string of the molecule is C=CCNC(=O)NC(=O)COC(=O)CCC(=O)c1ccc(OCCC)cc1. The Morgan fingerprint density at radius 1 is 1.11 bits per heavy atom. The summed E-state index contributed by atoms with van der Waals surface area (Å²) in [5.74, 6) is -1.01. The van der Waals surface area contributed by atoms with E-state index in [4.69, 9.17) is 9.47 Å². The van der Waals surface area contributed by atoms with Crippen molar-refractivity contribution in [2.75, 3.05) is 19.8 Å². The number of rotatable bonds is 11. The van der Waals surface area contributed by atoms with Crippen molar-refractivity contribution in [1.82, 2.24) is 10.6 Å². The van der Waals surface area contributed by atoms with Gasteiger partial charge in [-0.25, -0.2) is 4.79 Å². The predicted octanol–water partition coefficient (Wildman–Crippen LogP) is 1.99. The van der Waals surface area contributed by atoms with Gasteiger partial charge in [0.2, 0.25) is 0 Å². The molecular weight excluding hydrogens is 352 g/mol. The molecule has 0 atom stereocenters. The number of nitrogens with one attached hydrogen (secondary N) is 2. The molecule has 0 unspecified atom stereocenters. The van der Waals surface area contributed by atoms with Gasteiger partial charge in [-0.2, -0.15) is 0 Å². The minimum Gasteiger partial charge on any atom is -0.494 e. The molecule has 0 heterocycles. The number of esters is 1. The third-order valence-corrected chi connectivity index (χ3v) is 3.23. The molecule has 1 aromatic carbocycles. The lowest BCUT2D eigenvalue weighted by Crippen LogP contribution is -2.41. The molecule has 0 saturated carbocycles. The Morgan fingerprint density at radius 3 is 2.44 bits per heavy atom. The number of ketones is 1. The molecule has 0 aliphatic heterocycles. The van der Waals surface area contributed by atoms with Gasteiger partial charge in [-0.1, -0.05) is 13.0 Å². The maximum absolute atomic E-state index is 12.1. The molecular formula is C19H24N2O6. The van der Waals surface area contributed by atoms with Crippen LogP contribution in [0.1, 0.15) is 36.5 Å². The van der Waals surface area contributed by atoms with Gasteiger partial charge in [-0.3, -0.25) is 19.7 Å². The second-order valence-corrected chi connectivity index (χ2v) is 5.50. The van der Waals surface area contributed by atoms with Gasteiger partial charge in [0.15, 0.2) is 12.4 Å². The number of carbonyl (C=O) groups excluding carboxylic acids is 4. The Bertz CT molecular complexity index is 669. The van der Waals surface area contributed by atoms with Gasteiger partial charge in [0.05, 0.1) is 13.0 Å². The van der Waals surface area contributed by atoms with Crippen molar-refractivity contribution >= 4 is 23.7 Å². The second kappa shape index (κ2) is 12.2. The van der Waals surface area contributed by atoms with Gasteiger partial charge < -0.3 is 14.8 Å². The zero-order valence-electron chi connectivity index (χ0n) is 15.3. The Kier molecular flexibility index (Phi) is 9.92. The first-order chi connectivity index (χ1) is 13.0. The topological polar surface area (TPSA) is 111 Å². The zero-order valence-corrected chi connectivity index (χ0v) is 15.3. The van der Waals surface area contributed by atoms with E-state index in [0.29, 0.717) is 17.9 Å². The average Bonchev–Trinajstić information content (AvgIpc) is 2.67. The lowest BCUT2D eigenvalue weighted by molar-refractivity contribution is -0.148. The largest absolute Gasteiger partial charge is 0.494 e. The van der Waals surface area contributed by atoms with Gasteiger partial charge in [0, 0.05) is 18.5 Å². The standard InChI is InChI=1S/C19H24N2O6/c1-3-11-20-19(25)21-17(23)13-27-18(24)10-9-16(22)14-5-7-15(8-6-14)26-12-4-2/h3,5-8H,1,4,9-13H2,2H3,(H2,20,21,23,25). The molecule has 0 saturated heterocycles.